The number of aromatic nitrogens is 1. The molecular weight excluding hydrogens is 272 g/mol. The number of Topliss-reactive ketones (excluding diaryl/α,β-unsaturated/α-hetero) is 1. The van der Waals surface area contributed by atoms with E-state index in [-0.39, 0.29) is 11.7 Å². The van der Waals surface area contributed by atoms with Gasteiger partial charge in [-0.15, -0.1) is 0 Å². The number of fused-ring (bicyclic) bond motifs is 2. The summed E-state index contributed by atoms with van der Waals surface area (Å²) in [5, 5.41) is 3.12. The molecule has 2 aromatic carbocycles. The van der Waals surface area contributed by atoms with Crippen LogP contribution in [-0.2, 0) is 4.79 Å². The molecule has 108 valence electrons. The van der Waals surface area contributed by atoms with Crippen molar-refractivity contribution in [2.45, 2.75) is 5.92 Å². The molecule has 4 rings (SSSR count). The van der Waals surface area contributed by atoms with Crippen LogP contribution in [0.1, 0.15) is 11.5 Å². The van der Waals surface area contributed by atoms with Gasteiger partial charge in [0.1, 0.15) is 0 Å². The van der Waals surface area contributed by atoms with E-state index < -0.39 is 0 Å². The Morgan fingerprint density at radius 2 is 1.82 bits per heavy atom. The zero-order chi connectivity index (χ0) is 15.1. The molecule has 3 N–H and O–H groups in total. The van der Waals surface area contributed by atoms with Gasteiger partial charge in [-0.25, -0.2) is 0 Å². The van der Waals surface area contributed by atoms with Gasteiger partial charge >= 0.3 is 0 Å². The summed E-state index contributed by atoms with van der Waals surface area (Å²) in [6.45, 7) is 0.408. The van der Waals surface area contributed by atoms with Crippen LogP contribution < -0.4 is 16.2 Å². The fraction of sp³-hybridized carbons (Fsp3) is 0.105. The number of benzene rings is 2. The molecular formula is C19H16N2O. The van der Waals surface area contributed by atoms with E-state index in [0.29, 0.717) is 6.54 Å². The Labute approximate surface area is 127 Å². The Balaban J connectivity index is 1.98. The average Bonchev–Trinajstić information content (AvgIpc) is 3.11. The molecule has 22 heavy (non-hydrogen) atoms. The molecule has 3 heteroatoms. The molecule has 1 aliphatic rings. The highest BCUT2D eigenvalue weighted by Gasteiger charge is 2.26. The maximum absolute atomic E-state index is 12.5. The van der Waals surface area contributed by atoms with Crippen LogP contribution in [0.5, 0.6) is 0 Å². The van der Waals surface area contributed by atoms with Crippen LogP contribution in [-0.4, -0.2) is 17.3 Å². The van der Waals surface area contributed by atoms with Gasteiger partial charge in [0.2, 0.25) is 0 Å². The van der Waals surface area contributed by atoms with Crippen molar-refractivity contribution in [2.75, 3.05) is 6.54 Å². The number of nitrogens with two attached hydrogens (primary N) is 1. The molecule has 1 heterocycles. The number of hydrogen-bond acceptors (Lipinski definition) is 2. The predicted molar refractivity (Wildman–Crippen MR) is 88.7 cm³/mol. The minimum absolute atomic E-state index is 0.0712. The molecule has 0 radical (unpaired) electrons. The maximum Gasteiger partial charge on any atom is 0.183 e. The highest BCUT2D eigenvalue weighted by atomic mass is 16.1. The summed E-state index contributed by atoms with van der Waals surface area (Å²) in [6, 6.07) is 16.0. The molecule has 1 unspecified atom stereocenters. The molecule has 3 aromatic rings. The van der Waals surface area contributed by atoms with Crippen molar-refractivity contribution in [3.8, 4) is 0 Å². The number of nitrogens with one attached hydrogen (secondary N) is 1. The zero-order valence-corrected chi connectivity index (χ0v) is 12.0. The lowest BCUT2D eigenvalue weighted by Crippen LogP contribution is -2.26. The third-order valence-corrected chi connectivity index (χ3v) is 4.38. The maximum atomic E-state index is 12.5. The molecule has 1 aromatic heterocycles. The Morgan fingerprint density at radius 3 is 2.68 bits per heavy atom. The molecule has 0 saturated carbocycles. The van der Waals surface area contributed by atoms with E-state index in [1.54, 1.807) is 6.08 Å². The zero-order valence-electron chi connectivity index (χ0n) is 12.0. The smallest absolute Gasteiger partial charge is 0.183 e. The lowest BCUT2D eigenvalue weighted by Gasteiger charge is -2.15. The standard InChI is InChI=1S/C19H16N2O/c20-10-15(16-11-21-17-8-4-3-7-14(16)17)19-13-6-2-1-5-12(13)9-18(19)22/h1-9,11,15,21H,10,20H2. The summed E-state index contributed by atoms with van der Waals surface area (Å²) in [5.74, 6) is -0.0227. The van der Waals surface area contributed by atoms with E-state index in [9.17, 15) is 4.79 Å². The molecule has 0 bridgehead atoms. The number of ketones is 1. The predicted octanol–water partition coefficient (Wildman–Crippen LogP) is 1.42. The van der Waals surface area contributed by atoms with Gasteiger partial charge in [-0.3, -0.25) is 4.79 Å². The van der Waals surface area contributed by atoms with Crippen molar-refractivity contribution >= 4 is 28.3 Å². The van der Waals surface area contributed by atoms with Gasteiger partial charge in [0, 0.05) is 35.1 Å². The summed E-state index contributed by atoms with van der Waals surface area (Å²) in [7, 11) is 0. The van der Waals surface area contributed by atoms with Crippen molar-refractivity contribution in [3.63, 3.8) is 0 Å². The van der Waals surface area contributed by atoms with Crippen LogP contribution in [0.2, 0.25) is 0 Å². The molecule has 3 nitrogen and oxygen atoms in total. The molecule has 0 amide bonds. The topological polar surface area (TPSA) is 58.9 Å². The summed E-state index contributed by atoms with van der Waals surface area (Å²) in [6.07, 6.45) is 3.69. The van der Waals surface area contributed by atoms with Crippen molar-refractivity contribution in [1.82, 2.24) is 4.98 Å². The number of hydrogen-bond donors (Lipinski definition) is 2. The first-order valence-electron chi connectivity index (χ1n) is 7.41. The fourth-order valence-electron chi connectivity index (χ4n) is 3.36. The number of carbonyl (C=O) groups is 1. The summed E-state index contributed by atoms with van der Waals surface area (Å²) < 4.78 is 0. The highest BCUT2D eigenvalue weighted by Crippen LogP contribution is 2.31. The third-order valence-electron chi connectivity index (χ3n) is 4.38. The van der Waals surface area contributed by atoms with Crippen LogP contribution in [0.4, 0.5) is 0 Å². The van der Waals surface area contributed by atoms with Gasteiger partial charge in [-0.1, -0.05) is 42.5 Å². The second kappa shape index (κ2) is 4.97. The van der Waals surface area contributed by atoms with E-state index in [1.807, 2.05) is 48.7 Å². The van der Waals surface area contributed by atoms with Gasteiger partial charge < -0.3 is 10.7 Å². The number of carbonyl (C=O) groups excluding carboxylic acids is 1. The summed E-state index contributed by atoms with van der Waals surface area (Å²) in [5.41, 5.74) is 9.02. The van der Waals surface area contributed by atoms with Crippen LogP contribution in [0.3, 0.4) is 0 Å². The molecule has 0 spiro atoms. The second-order valence-corrected chi connectivity index (χ2v) is 5.59. The first-order valence-corrected chi connectivity index (χ1v) is 7.41. The van der Waals surface area contributed by atoms with E-state index in [1.165, 1.54) is 0 Å². The SMILES string of the molecule is NCC(C1=c2ccccc2=CC1=O)c1c[nH]c2ccccc12. The van der Waals surface area contributed by atoms with Crippen molar-refractivity contribution in [1.29, 1.82) is 0 Å². The van der Waals surface area contributed by atoms with Crippen LogP contribution >= 0.6 is 0 Å². The summed E-state index contributed by atoms with van der Waals surface area (Å²) >= 11 is 0. The third kappa shape index (κ3) is 1.83. The van der Waals surface area contributed by atoms with Gasteiger partial charge in [0.05, 0.1) is 0 Å². The van der Waals surface area contributed by atoms with Crippen molar-refractivity contribution in [3.05, 3.63) is 70.7 Å². The average molecular weight is 288 g/mol. The number of para-hydroxylation sites is 1. The normalized spacial score (nSPS) is 15.0. The van der Waals surface area contributed by atoms with E-state index in [0.717, 1.165) is 32.5 Å². The highest BCUT2D eigenvalue weighted by molar-refractivity contribution is 6.33. The largest absolute Gasteiger partial charge is 0.361 e. The monoisotopic (exact) mass is 288 g/mol. The molecule has 0 fully saturated rings. The van der Waals surface area contributed by atoms with Crippen LogP contribution in [0.15, 0.2) is 54.7 Å². The Kier molecular flexibility index (Phi) is 2.94. The minimum atomic E-state index is -0.0939. The van der Waals surface area contributed by atoms with Crippen LogP contribution in [0.25, 0.3) is 22.6 Å². The van der Waals surface area contributed by atoms with Gasteiger partial charge in [-0.2, -0.15) is 0 Å². The van der Waals surface area contributed by atoms with E-state index in [2.05, 4.69) is 11.1 Å². The first kappa shape index (κ1) is 13.0. The molecule has 1 atom stereocenters. The summed E-state index contributed by atoms with van der Waals surface area (Å²) in [4.78, 5) is 15.8. The Morgan fingerprint density at radius 1 is 1.05 bits per heavy atom. The number of aromatic amines is 1. The van der Waals surface area contributed by atoms with Crippen LogP contribution in [0, 0.1) is 0 Å². The van der Waals surface area contributed by atoms with Gasteiger partial charge in [0.15, 0.2) is 5.78 Å². The molecule has 1 aliphatic carbocycles. The molecule has 0 saturated heterocycles. The van der Waals surface area contributed by atoms with Gasteiger partial charge in [-0.05, 0) is 28.1 Å². The first-order chi connectivity index (χ1) is 10.8. The van der Waals surface area contributed by atoms with E-state index in [4.69, 9.17) is 5.73 Å². The lowest BCUT2D eigenvalue weighted by atomic mass is 9.88. The second-order valence-electron chi connectivity index (χ2n) is 5.59. The Bertz CT molecular complexity index is 997. The quantitative estimate of drug-likeness (QED) is 0.766. The van der Waals surface area contributed by atoms with Crippen molar-refractivity contribution in [2.24, 2.45) is 5.73 Å². The van der Waals surface area contributed by atoms with Crippen molar-refractivity contribution < 1.29 is 4.79 Å². The minimum Gasteiger partial charge on any atom is -0.361 e. The molecule has 0 aliphatic heterocycles. The number of rotatable bonds is 3. The van der Waals surface area contributed by atoms with Gasteiger partial charge in [0.25, 0.3) is 0 Å². The van der Waals surface area contributed by atoms with E-state index >= 15 is 0 Å². The number of H-pyrrole nitrogens is 1. The lowest BCUT2D eigenvalue weighted by molar-refractivity contribution is -0.108. The Hall–Kier alpha value is -2.65. The fourth-order valence-corrected chi connectivity index (χ4v) is 3.36.